The topological polar surface area (TPSA) is 86.4 Å². The first-order valence-electron chi connectivity index (χ1n) is 11.2. The molecule has 172 valence electrons. The van der Waals surface area contributed by atoms with Crippen LogP contribution in [0.5, 0.6) is 5.75 Å². The van der Waals surface area contributed by atoms with Gasteiger partial charge in [0.25, 0.3) is 0 Å². The minimum absolute atomic E-state index is 0.0809. The molecule has 6 nitrogen and oxygen atoms in total. The molecule has 0 aliphatic rings. The van der Waals surface area contributed by atoms with Gasteiger partial charge in [0.1, 0.15) is 18.9 Å². The molecule has 1 heterocycles. The normalized spacial score (nSPS) is 11.1. The van der Waals surface area contributed by atoms with E-state index in [1.807, 2.05) is 89.6 Å². The van der Waals surface area contributed by atoms with Gasteiger partial charge in [0.15, 0.2) is 0 Å². The molecule has 0 fully saturated rings. The number of nitrogens with zero attached hydrogens (tertiary/aromatic N) is 1. The van der Waals surface area contributed by atoms with Crippen molar-refractivity contribution in [2.24, 2.45) is 5.73 Å². The summed E-state index contributed by atoms with van der Waals surface area (Å²) in [5.41, 5.74) is 9.20. The summed E-state index contributed by atoms with van der Waals surface area (Å²) in [5.74, 6) is 0.0915. The van der Waals surface area contributed by atoms with Crippen LogP contribution >= 0.6 is 0 Å². The lowest BCUT2D eigenvalue weighted by Crippen LogP contribution is -2.29. The first kappa shape index (κ1) is 22.9. The monoisotopic (exact) mass is 453 g/mol. The number of fused-ring (bicyclic) bond motifs is 1. The predicted molar refractivity (Wildman–Crippen MR) is 134 cm³/mol. The van der Waals surface area contributed by atoms with E-state index in [0.29, 0.717) is 18.9 Å². The van der Waals surface area contributed by atoms with Gasteiger partial charge in [-0.2, -0.15) is 0 Å². The Labute approximate surface area is 198 Å². The van der Waals surface area contributed by atoms with Crippen molar-refractivity contribution in [1.82, 2.24) is 9.88 Å². The zero-order valence-corrected chi connectivity index (χ0v) is 18.8. The van der Waals surface area contributed by atoms with Gasteiger partial charge in [-0.05, 0) is 41.8 Å². The van der Waals surface area contributed by atoms with E-state index < -0.39 is 5.91 Å². The van der Waals surface area contributed by atoms with E-state index in [2.05, 4.69) is 5.32 Å². The van der Waals surface area contributed by atoms with Crippen LogP contribution in [0.3, 0.4) is 0 Å². The average molecular weight is 454 g/mol. The Balaban J connectivity index is 1.49. The zero-order valence-electron chi connectivity index (χ0n) is 18.8. The molecule has 1 aromatic heterocycles. The molecule has 3 aromatic carbocycles. The fourth-order valence-electron chi connectivity index (χ4n) is 3.77. The van der Waals surface area contributed by atoms with E-state index in [9.17, 15) is 9.59 Å². The number of hydrogen-bond donors (Lipinski definition) is 2. The molecule has 4 rings (SSSR count). The Hall–Kier alpha value is -4.32. The third-order valence-corrected chi connectivity index (χ3v) is 5.45. The number of nitrogens with two attached hydrogens (primary N) is 1. The number of benzene rings is 3. The quantitative estimate of drug-likeness (QED) is 0.355. The second kappa shape index (κ2) is 11.0. The summed E-state index contributed by atoms with van der Waals surface area (Å²) in [6.45, 7) is 1.18. The number of rotatable bonds is 10. The lowest BCUT2D eigenvalue weighted by Gasteiger charge is -2.09. The second-order valence-electron chi connectivity index (χ2n) is 7.99. The third-order valence-electron chi connectivity index (χ3n) is 5.45. The maximum absolute atomic E-state index is 12.6. The number of amides is 2. The highest BCUT2D eigenvalue weighted by Crippen LogP contribution is 2.27. The average Bonchev–Trinajstić information content (AvgIpc) is 3.19. The Bertz CT molecular complexity index is 1290. The van der Waals surface area contributed by atoms with E-state index in [4.69, 9.17) is 10.5 Å². The van der Waals surface area contributed by atoms with Crippen molar-refractivity contribution >= 4 is 28.8 Å². The van der Waals surface area contributed by atoms with Crippen molar-refractivity contribution in [3.8, 4) is 5.75 Å². The molecule has 4 aromatic rings. The molecule has 0 aliphatic carbocycles. The van der Waals surface area contributed by atoms with Crippen molar-refractivity contribution in [3.05, 3.63) is 108 Å². The fraction of sp³-hybridized carbons (Fsp3) is 0.143. The molecule has 0 aliphatic heterocycles. The van der Waals surface area contributed by atoms with Crippen LogP contribution in [-0.4, -0.2) is 22.9 Å². The molecule has 0 saturated carbocycles. The van der Waals surface area contributed by atoms with E-state index in [1.54, 1.807) is 6.08 Å². The molecule has 0 spiro atoms. The Morgan fingerprint density at radius 1 is 0.941 bits per heavy atom. The largest absolute Gasteiger partial charge is 0.489 e. The van der Waals surface area contributed by atoms with Gasteiger partial charge in [0, 0.05) is 35.3 Å². The van der Waals surface area contributed by atoms with Crippen molar-refractivity contribution in [3.63, 3.8) is 0 Å². The lowest BCUT2D eigenvalue weighted by molar-refractivity contribution is -0.121. The molecular weight excluding hydrogens is 426 g/mol. The lowest BCUT2D eigenvalue weighted by atomic mass is 10.1. The van der Waals surface area contributed by atoms with Crippen molar-refractivity contribution in [1.29, 1.82) is 0 Å². The van der Waals surface area contributed by atoms with Crippen molar-refractivity contribution < 1.29 is 14.3 Å². The van der Waals surface area contributed by atoms with E-state index in [-0.39, 0.29) is 12.5 Å². The molecule has 2 amide bonds. The van der Waals surface area contributed by atoms with Crippen LogP contribution in [0.25, 0.3) is 17.0 Å². The number of carbonyl (C=O) groups is 2. The van der Waals surface area contributed by atoms with E-state index >= 15 is 0 Å². The molecule has 0 unspecified atom stereocenters. The molecule has 0 bridgehead atoms. The SMILES string of the molecule is NC(=O)C=Cc1cn(CC(=O)NCCc2ccccc2)c2ccc(OCc3ccccc3)cc12. The first-order valence-corrected chi connectivity index (χ1v) is 11.2. The number of hydrogen-bond acceptors (Lipinski definition) is 3. The highest BCUT2D eigenvalue weighted by molar-refractivity contribution is 5.96. The highest BCUT2D eigenvalue weighted by atomic mass is 16.5. The minimum atomic E-state index is -0.531. The summed E-state index contributed by atoms with van der Waals surface area (Å²) >= 11 is 0. The van der Waals surface area contributed by atoms with Gasteiger partial charge in [-0.25, -0.2) is 0 Å². The van der Waals surface area contributed by atoms with Crippen LogP contribution < -0.4 is 15.8 Å². The summed E-state index contributed by atoms with van der Waals surface area (Å²) in [7, 11) is 0. The van der Waals surface area contributed by atoms with E-state index in [0.717, 1.165) is 28.5 Å². The highest BCUT2D eigenvalue weighted by Gasteiger charge is 2.12. The Kier molecular flexibility index (Phi) is 7.40. The first-order chi connectivity index (χ1) is 16.6. The Morgan fingerprint density at radius 2 is 1.65 bits per heavy atom. The summed E-state index contributed by atoms with van der Waals surface area (Å²) in [6, 6.07) is 25.7. The van der Waals surface area contributed by atoms with Gasteiger partial charge in [-0.3, -0.25) is 9.59 Å². The predicted octanol–water partition coefficient (Wildman–Crippen LogP) is 4.08. The summed E-state index contributed by atoms with van der Waals surface area (Å²) < 4.78 is 7.83. The minimum Gasteiger partial charge on any atom is -0.489 e. The van der Waals surface area contributed by atoms with E-state index in [1.165, 1.54) is 11.6 Å². The van der Waals surface area contributed by atoms with Gasteiger partial charge in [-0.1, -0.05) is 60.7 Å². The molecule has 0 radical (unpaired) electrons. The number of nitrogens with one attached hydrogen (secondary N) is 1. The number of carbonyl (C=O) groups excluding carboxylic acids is 2. The van der Waals surface area contributed by atoms with Crippen LogP contribution in [0.1, 0.15) is 16.7 Å². The fourth-order valence-corrected chi connectivity index (χ4v) is 3.77. The summed E-state index contributed by atoms with van der Waals surface area (Å²) in [4.78, 5) is 23.9. The van der Waals surface area contributed by atoms with Crippen LogP contribution in [0.15, 0.2) is 91.1 Å². The maximum Gasteiger partial charge on any atom is 0.241 e. The van der Waals surface area contributed by atoms with Crippen molar-refractivity contribution in [2.75, 3.05) is 6.54 Å². The summed E-state index contributed by atoms with van der Waals surface area (Å²) in [6.07, 6.45) is 5.60. The molecular formula is C28H27N3O3. The second-order valence-corrected chi connectivity index (χ2v) is 7.99. The van der Waals surface area contributed by atoms with Crippen LogP contribution in [-0.2, 0) is 29.2 Å². The summed E-state index contributed by atoms with van der Waals surface area (Å²) in [5, 5.41) is 3.85. The smallest absolute Gasteiger partial charge is 0.241 e. The number of ether oxygens (including phenoxy) is 1. The molecule has 34 heavy (non-hydrogen) atoms. The molecule has 3 N–H and O–H groups in total. The van der Waals surface area contributed by atoms with Gasteiger partial charge < -0.3 is 20.4 Å². The number of aromatic nitrogens is 1. The maximum atomic E-state index is 12.6. The standard InChI is InChI=1S/C28H27N3O3/c29-27(32)14-11-23-18-31(19-28(33)30-16-15-21-7-3-1-4-8-21)26-13-12-24(17-25(23)26)34-20-22-9-5-2-6-10-22/h1-14,17-18H,15-16,19-20H2,(H2,29,32)(H,30,33). The number of primary amides is 1. The van der Waals surface area contributed by atoms with Gasteiger partial charge >= 0.3 is 0 Å². The van der Waals surface area contributed by atoms with Crippen LogP contribution in [0.4, 0.5) is 0 Å². The molecule has 0 atom stereocenters. The van der Waals surface area contributed by atoms with Gasteiger partial charge in [0.05, 0.1) is 0 Å². The third kappa shape index (κ3) is 6.13. The molecule has 6 heteroatoms. The Morgan fingerprint density at radius 3 is 2.35 bits per heavy atom. The van der Waals surface area contributed by atoms with Crippen molar-refractivity contribution in [2.45, 2.75) is 19.6 Å². The zero-order chi connectivity index (χ0) is 23.8. The molecule has 0 saturated heterocycles. The van der Waals surface area contributed by atoms with Gasteiger partial charge in [0.2, 0.25) is 11.8 Å². The van der Waals surface area contributed by atoms with Gasteiger partial charge in [-0.15, -0.1) is 0 Å². The van der Waals surface area contributed by atoms with Crippen LogP contribution in [0.2, 0.25) is 0 Å². The van der Waals surface area contributed by atoms with Crippen LogP contribution in [0, 0.1) is 0 Å².